The van der Waals surface area contributed by atoms with Crippen LogP contribution in [0.3, 0.4) is 0 Å². The van der Waals surface area contributed by atoms with Crippen LogP contribution in [0.4, 0.5) is 5.69 Å². The molecular weight excluding hydrogens is 306 g/mol. The molecule has 0 spiro atoms. The van der Waals surface area contributed by atoms with E-state index >= 15 is 0 Å². The number of para-hydroxylation sites is 1. The summed E-state index contributed by atoms with van der Waals surface area (Å²) in [5.41, 5.74) is 0.957. The predicted octanol–water partition coefficient (Wildman–Crippen LogP) is 1.40. The third kappa shape index (κ3) is 3.93. The van der Waals surface area contributed by atoms with E-state index in [-0.39, 0.29) is 16.5 Å². The molecule has 0 aliphatic carbocycles. The van der Waals surface area contributed by atoms with Gasteiger partial charge in [0.05, 0.1) is 29.5 Å². The molecule has 1 amide bonds. The van der Waals surface area contributed by atoms with Crippen LogP contribution < -0.4 is 4.90 Å². The molecule has 6 nitrogen and oxygen atoms in total. The molecule has 1 N–H and O–H groups in total. The molecule has 1 unspecified atom stereocenters. The summed E-state index contributed by atoms with van der Waals surface area (Å²) in [6.07, 6.45) is 5.43. The molecule has 2 atom stereocenters. The van der Waals surface area contributed by atoms with E-state index in [4.69, 9.17) is 0 Å². The van der Waals surface area contributed by atoms with Gasteiger partial charge < -0.3 is 9.80 Å². The minimum absolute atomic E-state index is 0.0784. The number of piperidine rings is 2. The number of hydrogen-bond donors (Lipinski definition) is 1. The molecule has 2 saturated heterocycles. The molecular formula is C18H26N3O3+. The molecule has 6 heteroatoms. The molecule has 3 rings (SSSR count). The van der Waals surface area contributed by atoms with E-state index in [0.29, 0.717) is 12.5 Å². The maximum atomic E-state index is 12.7. The van der Waals surface area contributed by atoms with Gasteiger partial charge in [-0.25, -0.2) is 0 Å². The number of amides is 1. The number of nitrogens with one attached hydrogen (secondary N) is 1. The average Bonchev–Trinajstić information content (AvgIpc) is 2.62. The van der Waals surface area contributed by atoms with Crippen LogP contribution in [0, 0.1) is 16.0 Å². The number of rotatable bonds is 4. The number of carbonyl (C=O) groups is 1. The molecule has 2 aliphatic heterocycles. The minimum atomic E-state index is -0.310. The van der Waals surface area contributed by atoms with Crippen molar-refractivity contribution in [2.75, 3.05) is 26.2 Å². The number of hydrogen-bond acceptors (Lipinski definition) is 3. The number of nitrogens with zero attached hydrogens (tertiary/aromatic N) is 2. The summed E-state index contributed by atoms with van der Waals surface area (Å²) in [5.74, 6) is 0.379. The van der Waals surface area contributed by atoms with E-state index in [0.717, 1.165) is 57.4 Å². The minimum Gasteiger partial charge on any atom is -0.342 e. The van der Waals surface area contributed by atoms with Crippen molar-refractivity contribution in [3.8, 4) is 0 Å². The topological polar surface area (TPSA) is 67.9 Å². The van der Waals surface area contributed by atoms with Crippen molar-refractivity contribution >= 4 is 11.6 Å². The van der Waals surface area contributed by atoms with Crippen molar-refractivity contribution < 1.29 is 14.6 Å². The van der Waals surface area contributed by atoms with Crippen LogP contribution in [0.15, 0.2) is 24.3 Å². The molecule has 2 aliphatic rings. The van der Waals surface area contributed by atoms with Crippen LogP contribution >= 0.6 is 0 Å². The van der Waals surface area contributed by atoms with E-state index < -0.39 is 0 Å². The Balaban J connectivity index is 1.63. The maximum Gasteiger partial charge on any atom is 0.278 e. The van der Waals surface area contributed by atoms with Crippen LogP contribution in [0.25, 0.3) is 0 Å². The average molecular weight is 332 g/mol. The molecule has 0 bridgehead atoms. The number of likely N-dealkylation sites (tertiary alicyclic amines) is 2. The third-order valence-electron chi connectivity index (χ3n) is 5.26. The monoisotopic (exact) mass is 332 g/mol. The van der Waals surface area contributed by atoms with Gasteiger partial charge >= 0.3 is 0 Å². The molecule has 1 aromatic rings. The van der Waals surface area contributed by atoms with Crippen molar-refractivity contribution in [1.29, 1.82) is 0 Å². The SMILES string of the molecule is O=C([C@H]1CCC[NH+](Cc2ccccc2[N+](=O)[O-])C1)N1CCCCC1. The van der Waals surface area contributed by atoms with E-state index in [2.05, 4.69) is 0 Å². The summed E-state index contributed by atoms with van der Waals surface area (Å²) in [5, 5.41) is 11.2. The molecule has 2 fully saturated rings. The Morgan fingerprint density at radius 3 is 2.71 bits per heavy atom. The number of carbonyl (C=O) groups excluding carboxylic acids is 1. The van der Waals surface area contributed by atoms with Crippen LogP contribution in [-0.2, 0) is 11.3 Å². The lowest BCUT2D eigenvalue weighted by molar-refractivity contribution is -0.921. The van der Waals surface area contributed by atoms with Crippen LogP contribution in [0.2, 0.25) is 0 Å². The zero-order valence-corrected chi connectivity index (χ0v) is 14.1. The number of nitro groups is 1. The van der Waals surface area contributed by atoms with Gasteiger partial charge in [-0.15, -0.1) is 0 Å². The normalized spacial score (nSPS) is 24.6. The number of nitro benzene ring substituents is 1. The highest BCUT2D eigenvalue weighted by Gasteiger charge is 2.33. The van der Waals surface area contributed by atoms with E-state index in [9.17, 15) is 14.9 Å². The van der Waals surface area contributed by atoms with Gasteiger partial charge in [-0.2, -0.15) is 0 Å². The van der Waals surface area contributed by atoms with Crippen molar-refractivity contribution in [2.24, 2.45) is 5.92 Å². The molecule has 0 saturated carbocycles. The van der Waals surface area contributed by atoms with E-state index in [1.54, 1.807) is 12.1 Å². The Labute approximate surface area is 142 Å². The number of quaternary nitrogens is 1. The van der Waals surface area contributed by atoms with Gasteiger partial charge in [0.1, 0.15) is 6.54 Å². The first-order valence-corrected chi connectivity index (χ1v) is 9.00. The van der Waals surface area contributed by atoms with E-state index in [1.807, 2.05) is 17.0 Å². The molecule has 0 radical (unpaired) electrons. The van der Waals surface area contributed by atoms with E-state index in [1.165, 1.54) is 11.3 Å². The van der Waals surface area contributed by atoms with Gasteiger partial charge in [0.15, 0.2) is 0 Å². The fraction of sp³-hybridized carbons (Fsp3) is 0.611. The molecule has 1 aromatic carbocycles. The third-order valence-corrected chi connectivity index (χ3v) is 5.26. The second-order valence-electron chi connectivity index (χ2n) is 6.99. The Morgan fingerprint density at radius 1 is 1.21 bits per heavy atom. The van der Waals surface area contributed by atoms with Gasteiger partial charge in [-0.05, 0) is 38.2 Å². The molecule has 2 heterocycles. The lowest BCUT2D eigenvalue weighted by Crippen LogP contribution is -3.12. The quantitative estimate of drug-likeness (QED) is 0.669. The van der Waals surface area contributed by atoms with Crippen molar-refractivity contribution in [1.82, 2.24) is 4.90 Å². The van der Waals surface area contributed by atoms with Crippen LogP contribution in [0.1, 0.15) is 37.7 Å². The lowest BCUT2D eigenvalue weighted by Gasteiger charge is -2.34. The summed E-state index contributed by atoms with van der Waals surface area (Å²) in [4.78, 5) is 26.9. The summed E-state index contributed by atoms with van der Waals surface area (Å²) < 4.78 is 0. The molecule has 0 aromatic heterocycles. The van der Waals surface area contributed by atoms with Crippen molar-refractivity contribution in [2.45, 2.75) is 38.6 Å². The first kappa shape index (κ1) is 16.9. The van der Waals surface area contributed by atoms with Crippen LogP contribution in [0.5, 0.6) is 0 Å². The smallest absolute Gasteiger partial charge is 0.278 e. The summed E-state index contributed by atoms with van der Waals surface area (Å²) in [7, 11) is 0. The Kier molecular flexibility index (Phi) is 5.45. The highest BCUT2D eigenvalue weighted by molar-refractivity contribution is 5.79. The van der Waals surface area contributed by atoms with Gasteiger partial charge in [0, 0.05) is 19.2 Å². The number of benzene rings is 1. The second-order valence-corrected chi connectivity index (χ2v) is 6.99. The first-order chi connectivity index (χ1) is 11.6. The highest BCUT2D eigenvalue weighted by atomic mass is 16.6. The Morgan fingerprint density at radius 2 is 1.96 bits per heavy atom. The summed E-state index contributed by atoms with van der Waals surface area (Å²) in [6, 6.07) is 6.95. The maximum absolute atomic E-state index is 12.7. The molecule has 130 valence electrons. The van der Waals surface area contributed by atoms with Gasteiger partial charge in [0.2, 0.25) is 5.91 Å². The largest absolute Gasteiger partial charge is 0.342 e. The fourth-order valence-corrected chi connectivity index (χ4v) is 4.00. The second kappa shape index (κ2) is 7.75. The first-order valence-electron chi connectivity index (χ1n) is 9.00. The standard InChI is InChI=1S/C18H25N3O3/c22-18(20-11-4-1-5-12-20)16-8-6-10-19(14-16)13-15-7-2-3-9-17(15)21(23)24/h2-3,7,9,16H,1,4-6,8,10-14H2/p+1/t16-/m0/s1. The van der Waals surface area contributed by atoms with Crippen molar-refractivity contribution in [3.63, 3.8) is 0 Å². The summed E-state index contributed by atoms with van der Waals surface area (Å²) >= 11 is 0. The van der Waals surface area contributed by atoms with Gasteiger partial charge in [-0.3, -0.25) is 14.9 Å². The predicted molar refractivity (Wildman–Crippen MR) is 90.7 cm³/mol. The van der Waals surface area contributed by atoms with Gasteiger partial charge in [-0.1, -0.05) is 12.1 Å². The molecule has 24 heavy (non-hydrogen) atoms. The fourth-order valence-electron chi connectivity index (χ4n) is 4.00. The Bertz CT molecular complexity index is 599. The highest BCUT2D eigenvalue weighted by Crippen LogP contribution is 2.19. The summed E-state index contributed by atoms with van der Waals surface area (Å²) in [6.45, 7) is 4.20. The van der Waals surface area contributed by atoms with Crippen LogP contribution in [-0.4, -0.2) is 41.9 Å². The zero-order chi connectivity index (χ0) is 16.9. The lowest BCUT2D eigenvalue weighted by atomic mass is 9.95. The van der Waals surface area contributed by atoms with Crippen molar-refractivity contribution in [3.05, 3.63) is 39.9 Å². The Hall–Kier alpha value is -1.95. The van der Waals surface area contributed by atoms with Gasteiger partial charge in [0.25, 0.3) is 5.69 Å². The zero-order valence-electron chi connectivity index (χ0n) is 14.1.